The first-order chi connectivity index (χ1) is 35.2. The van der Waals surface area contributed by atoms with Gasteiger partial charge in [-0.05, 0) is 36.5 Å². The molecule has 0 aromatic rings. The van der Waals surface area contributed by atoms with Gasteiger partial charge in [-0.2, -0.15) is 38.5 Å². The number of unbranched alkanes of at least 4 members (excludes halogenated alkanes) is 5. The van der Waals surface area contributed by atoms with Gasteiger partial charge in [0.2, 0.25) is 0 Å². The van der Waals surface area contributed by atoms with Gasteiger partial charge < -0.3 is 80.6 Å². The SMILES string of the molecule is [CH2-]CCC(CC[CH2-])(CC[CH2-])COCC(COP(=O)(O)OCC(C)(COP(=O)(O)OCCCCCCO)COP(=O)(O)OCC(COCC(CC[CH2-])(CC[CH2-])CC[CH2-])OP(=O)(O)OCCCC)OP(=O)(O)OCCCC.[Y].[Y].[Y].[Y].[Y].[Y]. The van der Waals surface area contributed by atoms with Gasteiger partial charge in [0.1, 0.15) is 12.2 Å². The smallest absolute Gasteiger partial charge is 0.396 e. The summed E-state index contributed by atoms with van der Waals surface area (Å²) in [7, 11) is -24.8. The summed E-state index contributed by atoms with van der Waals surface area (Å²) in [6.07, 6.45) is 8.80. The van der Waals surface area contributed by atoms with Crippen LogP contribution in [0.15, 0.2) is 0 Å². The summed E-state index contributed by atoms with van der Waals surface area (Å²) >= 11 is 0. The van der Waals surface area contributed by atoms with Crippen molar-refractivity contribution in [3.05, 3.63) is 41.5 Å². The number of phosphoric acid groups is 5. The third-order valence-corrected chi connectivity index (χ3v) is 16.6. The van der Waals surface area contributed by atoms with Crippen LogP contribution in [-0.2, 0) is 274 Å². The van der Waals surface area contributed by atoms with Gasteiger partial charge in [-0.1, -0.05) is 85.0 Å². The van der Waals surface area contributed by atoms with E-state index in [0.717, 1.165) is 0 Å². The summed E-state index contributed by atoms with van der Waals surface area (Å²) in [5.41, 5.74) is -2.61. The first-order valence-electron chi connectivity index (χ1n) is 25.9. The molecule has 23 nitrogen and oxygen atoms in total. The van der Waals surface area contributed by atoms with Crippen LogP contribution < -0.4 is 0 Å². The molecule has 0 heterocycles. The zero-order valence-electron chi connectivity index (χ0n) is 48.6. The first-order valence-corrected chi connectivity index (χ1v) is 33.4. The van der Waals surface area contributed by atoms with E-state index in [1.165, 1.54) is 6.92 Å². The second-order valence-corrected chi connectivity index (χ2v) is 26.2. The molecule has 0 fully saturated rings. The number of hydrogen-bond acceptors (Lipinski definition) is 18. The van der Waals surface area contributed by atoms with Crippen LogP contribution in [0, 0.1) is 57.8 Å². The molecular weight excluding hydrogens is 1620 g/mol. The average molecular weight is 1720 g/mol. The van der Waals surface area contributed by atoms with E-state index in [0.29, 0.717) is 128 Å². The van der Waals surface area contributed by atoms with Gasteiger partial charge in [-0.15, -0.1) is 0 Å². The largest absolute Gasteiger partial charge is 0.472 e. The van der Waals surface area contributed by atoms with Crippen LogP contribution in [0.5, 0.6) is 0 Å². The second-order valence-electron chi connectivity index (χ2n) is 19.0. The Kier molecular flexibility index (Phi) is 71.9. The van der Waals surface area contributed by atoms with Gasteiger partial charge >= 0.3 is 39.1 Å². The number of ether oxygens (including phenoxy) is 2. The van der Waals surface area contributed by atoms with Gasteiger partial charge in [-0.3, -0.25) is 45.2 Å². The maximum atomic E-state index is 13.5. The fourth-order valence-electron chi connectivity index (χ4n) is 7.60. The monoisotopic (exact) mass is 1720 g/mol. The average Bonchev–Trinajstić information content (AvgIpc) is 3.32. The van der Waals surface area contributed by atoms with Crippen molar-refractivity contribution in [2.45, 2.75) is 161 Å². The molecule has 0 aliphatic rings. The van der Waals surface area contributed by atoms with Crippen molar-refractivity contribution in [3.8, 4) is 0 Å². The second kappa shape index (κ2) is 57.3. The first kappa shape index (κ1) is 102. The normalized spacial score (nSPS) is 17.0. The molecule has 7 unspecified atom stereocenters. The van der Waals surface area contributed by atoms with Crippen molar-refractivity contribution in [1.82, 2.24) is 0 Å². The molecule has 0 aromatic heterocycles. The molecule has 0 rings (SSSR count). The number of hydrogen-bond donors (Lipinski definition) is 6. The minimum atomic E-state index is -5.21. The summed E-state index contributed by atoms with van der Waals surface area (Å²) < 4.78 is 130. The van der Waals surface area contributed by atoms with Crippen molar-refractivity contribution >= 4 is 39.1 Å². The standard InChI is InChI=1S/C47H95O23P5.6Y/c1-10-18-31-62-74(55,56)69-43(34-59-41-46(24-12-3,25-13-4)26-14-5)36-64-72(51,52)67-39-45(9,38-66-71(49,50)61-33-23-21-20-22-30-48)40-68-73(53,54)65-37-44(70-75(57,58)63-32-19-11-2)35-60-42-47(27-15-6,28-16-7)29-17-8;;;;;;/h43-44,48H,3-8,10-42H2,1-2,9H3,(H,49,50)(H,51,52)(H,53,54)(H,55,56)(H,57,58);;;;;;/q-6;;;;;;. The molecule has 0 bridgehead atoms. The molecule has 0 saturated carbocycles. The quantitative estimate of drug-likeness (QED) is 0.0187. The number of rotatable bonds is 54. The van der Waals surface area contributed by atoms with E-state index < -0.39 is 103 Å². The molecule has 0 aromatic carbocycles. The van der Waals surface area contributed by atoms with E-state index in [-0.39, 0.29) is 247 Å². The fourth-order valence-corrected chi connectivity index (χ4v) is 12.2. The summed E-state index contributed by atoms with van der Waals surface area (Å²) in [6.45, 7) is 23.2. The third kappa shape index (κ3) is 53.0. The van der Waals surface area contributed by atoms with Crippen LogP contribution in [0.25, 0.3) is 0 Å². The van der Waals surface area contributed by atoms with Gasteiger partial charge in [0.25, 0.3) is 0 Å². The molecule has 0 amide bonds. The Hall–Kier alpha value is 7.05. The molecule has 6 N–H and O–H groups in total. The minimum Gasteiger partial charge on any atom is -0.396 e. The van der Waals surface area contributed by atoms with E-state index in [4.69, 9.17) is 59.8 Å². The molecule has 81 heavy (non-hydrogen) atoms. The van der Waals surface area contributed by atoms with E-state index in [1.807, 2.05) is 13.8 Å². The number of phosphoric ester groups is 5. The third-order valence-electron chi connectivity index (χ3n) is 11.6. The summed E-state index contributed by atoms with van der Waals surface area (Å²) in [5.74, 6) is 0. The molecule has 470 valence electrons. The van der Waals surface area contributed by atoms with Crippen molar-refractivity contribution in [1.29, 1.82) is 0 Å². The van der Waals surface area contributed by atoms with Gasteiger partial charge in [0, 0.05) is 208 Å². The molecule has 0 aliphatic carbocycles. The Balaban J connectivity index is -0.00000183. The van der Waals surface area contributed by atoms with E-state index in [9.17, 15) is 47.3 Å². The van der Waals surface area contributed by atoms with Crippen molar-refractivity contribution in [3.63, 3.8) is 0 Å². The maximum Gasteiger partial charge on any atom is 0.472 e. The van der Waals surface area contributed by atoms with E-state index in [2.05, 4.69) is 41.5 Å². The van der Waals surface area contributed by atoms with Crippen LogP contribution in [0.2, 0.25) is 0 Å². The van der Waals surface area contributed by atoms with E-state index >= 15 is 0 Å². The predicted molar refractivity (Wildman–Crippen MR) is 284 cm³/mol. The summed E-state index contributed by atoms with van der Waals surface area (Å²) in [6, 6.07) is 0. The van der Waals surface area contributed by atoms with Crippen LogP contribution in [0.4, 0.5) is 0 Å². The summed E-state index contributed by atoms with van der Waals surface area (Å²) in [4.78, 5) is 53.4. The van der Waals surface area contributed by atoms with E-state index in [1.54, 1.807) is 0 Å². The summed E-state index contributed by atoms with van der Waals surface area (Å²) in [5, 5.41) is 9.03. The Morgan fingerprint density at radius 2 is 0.667 bits per heavy atom. The molecule has 7 atom stereocenters. The fraction of sp³-hybridized carbons (Fsp3) is 0.872. The van der Waals surface area contributed by atoms with Crippen LogP contribution in [0.1, 0.15) is 149 Å². The molecule has 6 radical (unpaired) electrons. The Morgan fingerprint density at radius 3 is 0.963 bits per heavy atom. The molecule has 34 heteroatoms. The van der Waals surface area contributed by atoms with Crippen molar-refractivity contribution < 1.29 is 303 Å². The van der Waals surface area contributed by atoms with Crippen molar-refractivity contribution in [2.24, 2.45) is 16.2 Å². The number of aliphatic hydroxyl groups is 1. The number of aliphatic hydroxyl groups excluding tert-OH is 1. The van der Waals surface area contributed by atoms with Gasteiger partial charge in [-0.25, -0.2) is 22.8 Å². The molecular formula is C47H95O23P5Y6-6. The van der Waals surface area contributed by atoms with Crippen LogP contribution in [0.3, 0.4) is 0 Å². The molecule has 0 spiro atoms. The van der Waals surface area contributed by atoms with Crippen molar-refractivity contribution in [2.75, 3.05) is 85.9 Å². The van der Waals surface area contributed by atoms with Gasteiger partial charge in [0.15, 0.2) is 0 Å². The zero-order chi connectivity index (χ0) is 57.0. The Labute approximate surface area is 638 Å². The molecule has 0 aliphatic heterocycles. The topological polar surface area (TPSA) is 317 Å². The predicted octanol–water partition coefficient (Wildman–Crippen LogP) is 11.2. The maximum absolute atomic E-state index is 13.5. The van der Waals surface area contributed by atoms with Gasteiger partial charge in [0.05, 0.1) is 79.3 Å². The Bertz CT molecular complexity index is 1600. The minimum absolute atomic E-state index is 0. The molecule has 0 saturated heterocycles. The van der Waals surface area contributed by atoms with Crippen LogP contribution >= 0.6 is 39.1 Å². The van der Waals surface area contributed by atoms with Crippen LogP contribution in [-0.4, -0.2) is 128 Å². The Morgan fingerprint density at radius 1 is 0.383 bits per heavy atom. The zero-order valence-corrected chi connectivity index (χ0v) is 70.1.